The molecule has 1 aromatic carbocycles. The number of alkyl halides is 6. The third kappa shape index (κ3) is 2.71. The van der Waals surface area contributed by atoms with E-state index in [0.717, 1.165) is 12.1 Å². The van der Waals surface area contributed by atoms with Crippen LogP contribution in [0.4, 0.5) is 26.3 Å². The molecule has 1 nitrogen and oxygen atoms in total. The van der Waals surface area contributed by atoms with Crippen molar-refractivity contribution < 1.29 is 31.4 Å². The smallest absolute Gasteiger partial charge is 0.386 e. The summed E-state index contributed by atoms with van der Waals surface area (Å²) in [5.74, 6) is -5.03. The normalized spacial score (nSPS) is 14.8. The Morgan fingerprint density at radius 1 is 1.12 bits per heavy atom. The topological polar surface area (TPSA) is 20.2 Å². The van der Waals surface area contributed by atoms with Gasteiger partial charge in [0.15, 0.2) is 0 Å². The van der Waals surface area contributed by atoms with Crippen molar-refractivity contribution >= 4 is 0 Å². The molecule has 0 aliphatic heterocycles. The van der Waals surface area contributed by atoms with E-state index in [1.807, 2.05) is 0 Å². The highest BCUT2D eigenvalue weighted by molar-refractivity contribution is 5.29. The molecule has 0 spiro atoms. The lowest BCUT2D eigenvalue weighted by molar-refractivity contribution is -0.289. The molecular weight excluding hydrogens is 250 g/mol. The SMILES string of the molecule is OC(CF)c1cccc(C(F)(F)C(F)(F)F)c1. The molecule has 1 unspecified atom stereocenters. The Morgan fingerprint density at radius 3 is 2.18 bits per heavy atom. The molecule has 7 heteroatoms. The van der Waals surface area contributed by atoms with Gasteiger partial charge in [0.25, 0.3) is 0 Å². The van der Waals surface area contributed by atoms with Gasteiger partial charge in [0, 0.05) is 5.56 Å². The Kier molecular flexibility index (Phi) is 3.71. The first-order chi connectivity index (χ1) is 7.70. The van der Waals surface area contributed by atoms with Gasteiger partial charge < -0.3 is 5.11 Å². The van der Waals surface area contributed by atoms with Gasteiger partial charge in [-0.05, 0) is 11.6 Å². The van der Waals surface area contributed by atoms with E-state index in [1.165, 1.54) is 0 Å². The Morgan fingerprint density at radius 2 is 1.71 bits per heavy atom. The third-order valence-corrected chi connectivity index (χ3v) is 2.14. The van der Waals surface area contributed by atoms with Crippen molar-refractivity contribution in [2.75, 3.05) is 6.67 Å². The molecule has 17 heavy (non-hydrogen) atoms. The second-order valence-corrected chi connectivity index (χ2v) is 3.37. The fourth-order valence-electron chi connectivity index (χ4n) is 1.19. The standard InChI is InChI=1S/C10H8F6O/c11-5-8(17)6-2-1-3-7(4-6)9(12,13)10(14,15)16/h1-4,8,17H,5H2. The van der Waals surface area contributed by atoms with E-state index in [1.54, 1.807) is 0 Å². The largest absolute Gasteiger partial charge is 0.458 e. The molecule has 0 fully saturated rings. The molecule has 0 aliphatic carbocycles. The van der Waals surface area contributed by atoms with E-state index in [-0.39, 0.29) is 5.56 Å². The highest BCUT2D eigenvalue weighted by Crippen LogP contribution is 2.44. The van der Waals surface area contributed by atoms with Crippen LogP contribution in [0.3, 0.4) is 0 Å². The van der Waals surface area contributed by atoms with Crippen LogP contribution in [0, 0.1) is 0 Å². The highest BCUT2D eigenvalue weighted by atomic mass is 19.4. The Balaban J connectivity index is 3.16. The predicted molar refractivity (Wildman–Crippen MR) is 47.3 cm³/mol. The minimum absolute atomic E-state index is 0.325. The van der Waals surface area contributed by atoms with Gasteiger partial charge in [-0.15, -0.1) is 0 Å². The first-order valence-electron chi connectivity index (χ1n) is 4.49. The van der Waals surface area contributed by atoms with Crippen molar-refractivity contribution in [3.05, 3.63) is 35.4 Å². The van der Waals surface area contributed by atoms with Crippen molar-refractivity contribution in [3.63, 3.8) is 0 Å². The second-order valence-electron chi connectivity index (χ2n) is 3.37. The summed E-state index contributed by atoms with van der Waals surface area (Å²) in [7, 11) is 0. The number of hydrogen-bond acceptors (Lipinski definition) is 1. The van der Waals surface area contributed by atoms with Crippen LogP contribution in [-0.4, -0.2) is 18.0 Å². The Labute approximate surface area is 92.7 Å². The van der Waals surface area contributed by atoms with Crippen molar-refractivity contribution in [1.29, 1.82) is 0 Å². The number of halogens is 6. The van der Waals surface area contributed by atoms with Crippen LogP contribution < -0.4 is 0 Å². The summed E-state index contributed by atoms with van der Waals surface area (Å²) in [6, 6.07) is 2.99. The number of benzene rings is 1. The van der Waals surface area contributed by atoms with Gasteiger partial charge in [-0.3, -0.25) is 0 Å². The van der Waals surface area contributed by atoms with Crippen molar-refractivity contribution in [2.24, 2.45) is 0 Å². The average Bonchev–Trinajstić information content (AvgIpc) is 2.26. The van der Waals surface area contributed by atoms with E-state index in [9.17, 15) is 26.3 Å². The van der Waals surface area contributed by atoms with Crippen molar-refractivity contribution in [3.8, 4) is 0 Å². The lowest BCUT2D eigenvalue weighted by Crippen LogP contribution is -2.33. The monoisotopic (exact) mass is 258 g/mol. The quantitative estimate of drug-likeness (QED) is 0.824. The number of hydrogen-bond donors (Lipinski definition) is 1. The van der Waals surface area contributed by atoms with E-state index in [4.69, 9.17) is 5.11 Å². The van der Waals surface area contributed by atoms with E-state index in [0.29, 0.717) is 12.1 Å². The second kappa shape index (κ2) is 4.56. The molecule has 1 atom stereocenters. The number of rotatable bonds is 3. The lowest BCUT2D eigenvalue weighted by Gasteiger charge is -2.20. The highest BCUT2D eigenvalue weighted by Gasteiger charge is 2.58. The molecule has 0 amide bonds. The van der Waals surface area contributed by atoms with Gasteiger partial charge in [-0.25, -0.2) is 4.39 Å². The van der Waals surface area contributed by atoms with E-state index >= 15 is 0 Å². The third-order valence-electron chi connectivity index (χ3n) is 2.14. The molecule has 1 rings (SSSR count). The molecular formula is C10H8F6O. The molecule has 0 heterocycles. The maximum absolute atomic E-state index is 12.9. The molecule has 0 saturated heterocycles. The van der Waals surface area contributed by atoms with Gasteiger partial charge in [0.1, 0.15) is 12.8 Å². The molecule has 96 valence electrons. The van der Waals surface area contributed by atoms with E-state index in [2.05, 4.69) is 0 Å². The zero-order valence-corrected chi connectivity index (χ0v) is 8.31. The predicted octanol–water partition coefficient (Wildman–Crippen LogP) is 3.34. The first kappa shape index (κ1) is 13.8. The van der Waals surface area contributed by atoms with Crippen molar-refractivity contribution in [1.82, 2.24) is 0 Å². The van der Waals surface area contributed by atoms with Gasteiger partial charge in [0.05, 0.1) is 0 Å². The lowest BCUT2D eigenvalue weighted by atomic mass is 10.0. The number of aliphatic hydroxyl groups is 1. The molecule has 0 aliphatic rings. The Bertz CT molecular complexity index is 387. The van der Waals surface area contributed by atoms with E-state index < -0.39 is 30.4 Å². The first-order valence-corrected chi connectivity index (χ1v) is 4.49. The molecule has 0 aromatic heterocycles. The summed E-state index contributed by atoms with van der Waals surface area (Å²) in [4.78, 5) is 0. The molecule has 0 bridgehead atoms. The van der Waals surface area contributed by atoms with Crippen LogP contribution in [-0.2, 0) is 5.92 Å². The minimum Gasteiger partial charge on any atom is -0.386 e. The fraction of sp³-hybridized carbons (Fsp3) is 0.400. The van der Waals surface area contributed by atoms with Crippen LogP contribution >= 0.6 is 0 Å². The molecule has 0 radical (unpaired) electrons. The van der Waals surface area contributed by atoms with Crippen LogP contribution in [0.2, 0.25) is 0 Å². The molecule has 1 N–H and O–H groups in total. The van der Waals surface area contributed by atoms with Gasteiger partial charge in [0.2, 0.25) is 0 Å². The van der Waals surface area contributed by atoms with Crippen LogP contribution in [0.5, 0.6) is 0 Å². The summed E-state index contributed by atoms with van der Waals surface area (Å²) in [5.41, 5.74) is -1.65. The zero-order valence-electron chi connectivity index (χ0n) is 8.31. The summed E-state index contributed by atoms with van der Waals surface area (Å²) < 4.78 is 74.0. The fourth-order valence-corrected chi connectivity index (χ4v) is 1.19. The van der Waals surface area contributed by atoms with Crippen LogP contribution in [0.25, 0.3) is 0 Å². The summed E-state index contributed by atoms with van der Waals surface area (Å²) in [6.45, 7) is -1.26. The Hall–Kier alpha value is -1.24. The van der Waals surface area contributed by atoms with Gasteiger partial charge >= 0.3 is 12.1 Å². The average molecular weight is 258 g/mol. The van der Waals surface area contributed by atoms with Gasteiger partial charge in [-0.1, -0.05) is 18.2 Å². The molecule has 1 aromatic rings. The zero-order chi connectivity index (χ0) is 13.3. The maximum atomic E-state index is 12.9. The van der Waals surface area contributed by atoms with Crippen LogP contribution in [0.15, 0.2) is 24.3 Å². The molecule has 0 saturated carbocycles. The maximum Gasteiger partial charge on any atom is 0.458 e. The number of aliphatic hydroxyl groups excluding tert-OH is 1. The van der Waals surface area contributed by atoms with Crippen LogP contribution in [0.1, 0.15) is 17.2 Å². The van der Waals surface area contributed by atoms with Crippen molar-refractivity contribution in [2.45, 2.75) is 18.2 Å². The minimum atomic E-state index is -5.73. The summed E-state index contributed by atoms with van der Waals surface area (Å²) in [5, 5.41) is 9.02. The summed E-state index contributed by atoms with van der Waals surface area (Å²) in [6.07, 6.45) is -7.44. The van der Waals surface area contributed by atoms with Gasteiger partial charge in [-0.2, -0.15) is 22.0 Å². The summed E-state index contributed by atoms with van der Waals surface area (Å²) >= 11 is 0.